The van der Waals surface area contributed by atoms with E-state index in [9.17, 15) is 9.18 Å². The number of benzene rings is 1. The van der Waals surface area contributed by atoms with Crippen LogP contribution in [0.4, 0.5) is 4.39 Å². The molecule has 1 atom stereocenters. The number of hydrogen-bond donors (Lipinski definition) is 2. The number of halogens is 1. The molecular weight excluding hydrogens is 345 g/mol. The highest BCUT2D eigenvalue weighted by atomic mass is 19.1. The van der Waals surface area contributed by atoms with Crippen LogP contribution in [0.15, 0.2) is 30.5 Å². The maximum absolute atomic E-state index is 13.3. The van der Waals surface area contributed by atoms with Crippen molar-refractivity contribution in [3.05, 3.63) is 47.5 Å². The van der Waals surface area contributed by atoms with E-state index in [4.69, 9.17) is 0 Å². The van der Waals surface area contributed by atoms with Crippen molar-refractivity contribution in [1.82, 2.24) is 25.6 Å². The SMILES string of the molecule is O=C(NC(c1ccc(F)cc1)C1CCCC1)c1cn(C2CCNCC2)nn1. The molecule has 1 saturated carbocycles. The molecule has 7 heteroatoms. The molecule has 0 bridgehead atoms. The maximum atomic E-state index is 13.3. The molecule has 1 aliphatic heterocycles. The molecule has 2 aromatic rings. The van der Waals surface area contributed by atoms with Crippen molar-refractivity contribution in [3.8, 4) is 0 Å². The first kappa shape index (κ1) is 18.1. The van der Waals surface area contributed by atoms with Crippen LogP contribution in [0, 0.1) is 11.7 Å². The number of rotatable bonds is 5. The van der Waals surface area contributed by atoms with Gasteiger partial charge in [-0.25, -0.2) is 9.07 Å². The molecule has 1 aromatic heterocycles. The van der Waals surface area contributed by atoms with Crippen molar-refractivity contribution in [1.29, 1.82) is 0 Å². The molecule has 1 unspecified atom stereocenters. The average Bonchev–Trinajstić information content (AvgIpc) is 3.40. The fourth-order valence-electron chi connectivity index (χ4n) is 4.28. The summed E-state index contributed by atoms with van der Waals surface area (Å²) in [5.74, 6) is -0.101. The molecule has 4 rings (SSSR count). The summed E-state index contributed by atoms with van der Waals surface area (Å²) in [6.45, 7) is 1.92. The Morgan fingerprint density at radius 2 is 1.85 bits per heavy atom. The molecule has 0 spiro atoms. The normalized spacial score (nSPS) is 19.9. The Labute approximate surface area is 158 Å². The van der Waals surface area contributed by atoms with Crippen LogP contribution in [-0.2, 0) is 0 Å². The van der Waals surface area contributed by atoms with Crippen molar-refractivity contribution in [2.24, 2.45) is 5.92 Å². The number of hydrogen-bond acceptors (Lipinski definition) is 4. The van der Waals surface area contributed by atoms with Crippen LogP contribution in [0.25, 0.3) is 0 Å². The predicted molar refractivity (Wildman–Crippen MR) is 99.7 cm³/mol. The van der Waals surface area contributed by atoms with Crippen LogP contribution in [0.1, 0.15) is 66.7 Å². The lowest BCUT2D eigenvalue weighted by Crippen LogP contribution is -2.33. The minimum atomic E-state index is -0.264. The first-order valence-corrected chi connectivity index (χ1v) is 9.89. The van der Waals surface area contributed by atoms with Crippen molar-refractivity contribution in [3.63, 3.8) is 0 Å². The molecular formula is C20H26FN5O. The smallest absolute Gasteiger partial charge is 0.273 e. The van der Waals surface area contributed by atoms with Gasteiger partial charge in [0.05, 0.1) is 18.3 Å². The highest BCUT2D eigenvalue weighted by Gasteiger charge is 2.29. The van der Waals surface area contributed by atoms with E-state index in [0.29, 0.717) is 17.7 Å². The summed E-state index contributed by atoms with van der Waals surface area (Å²) in [5.41, 5.74) is 1.29. The third-order valence-corrected chi connectivity index (χ3v) is 5.81. The van der Waals surface area contributed by atoms with Crippen LogP contribution < -0.4 is 10.6 Å². The standard InChI is InChI=1S/C20H26FN5O/c21-16-7-5-15(6-8-16)19(14-3-1-2-4-14)23-20(27)18-13-26(25-24-18)17-9-11-22-12-10-17/h5-8,13-14,17,19,22H,1-4,9-12H2,(H,23,27). The Hall–Kier alpha value is -2.28. The van der Waals surface area contributed by atoms with Crippen molar-refractivity contribution in [2.45, 2.75) is 50.6 Å². The molecule has 2 N–H and O–H groups in total. The van der Waals surface area contributed by atoms with E-state index in [2.05, 4.69) is 20.9 Å². The molecule has 1 aromatic carbocycles. The Balaban J connectivity index is 1.49. The highest BCUT2D eigenvalue weighted by molar-refractivity contribution is 5.92. The minimum absolute atomic E-state index is 0.121. The minimum Gasteiger partial charge on any atom is -0.344 e. The van der Waals surface area contributed by atoms with Crippen molar-refractivity contribution < 1.29 is 9.18 Å². The second-order valence-corrected chi connectivity index (χ2v) is 7.61. The predicted octanol–water partition coefficient (Wildman–Crippen LogP) is 3.00. The molecule has 27 heavy (non-hydrogen) atoms. The van der Waals surface area contributed by atoms with E-state index < -0.39 is 0 Å². The average molecular weight is 371 g/mol. The Morgan fingerprint density at radius 3 is 2.56 bits per heavy atom. The largest absolute Gasteiger partial charge is 0.344 e. The molecule has 144 valence electrons. The molecule has 2 aliphatic rings. The zero-order valence-electron chi connectivity index (χ0n) is 15.4. The van der Waals surface area contributed by atoms with E-state index >= 15 is 0 Å². The first-order valence-electron chi connectivity index (χ1n) is 9.89. The van der Waals surface area contributed by atoms with Gasteiger partial charge in [0.15, 0.2) is 5.69 Å². The van der Waals surface area contributed by atoms with E-state index in [-0.39, 0.29) is 17.8 Å². The van der Waals surface area contributed by atoms with Gasteiger partial charge in [-0.3, -0.25) is 4.79 Å². The van der Waals surface area contributed by atoms with Crippen molar-refractivity contribution >= 4 is 5.91 Å². The lowest BCUT2D eigenvalue weighted by Gasteiger charge is -2.25. The van der Waals surface area contributed by atoms with Crippen LogP contribution >= 0.6 is 0 Å². The fraction of sp³-hybridized carbons (Fsp3) is 0.550. The van der Waals surface area contributed by atoms with Gasteiger partial charge in [0.2, 0.25) is 0 Å². The van der Waals surface area contributed by atoms with Gasteiger partial charge in [-0.05, 0) is 62.4 Å². The third kappa shape index (κ3) is 4.18. The zero-order valence-corrected chi connectivity index (χ0v) is 15.4. The fourth-order valence-corrected chi connectivity index (χ4v) is 4.28. The molecule has 1 amide bonds. The van der Waals surface area contributed by atoms with Crippen LogP contribution in [0.3, 0.4) is 0 Å². The lowest BCUT2D eigenvalue weighted by atomic mass is 9.91. The van der Waals surface area contributed by atoms with E-state index in [0.717, 1.165) is 44.3 Å². The number of piperidine rings is 1. The second kappa shape index (κ2) is 8.17. The van der Waals surface area contributed by atoms with Gasteiger partial charge < -0.3 is 10.6 Å². The summed E-state index contributed by atoms with van der Waals surface area (Å²) in [5, 5.41) is 14.7. The van der Waals surface area contributed by atoms with E-state index in [1.807, 2.05) is 4.68 Å². The van der Waals surface area contributed by atoms with E-state index in [1.54, 1.807) is 18.3 Å². The number of amides is 1. The van der Waals surface area contributed by atoms with Crippen LogP contribution in [0.2, 0.25) is 0 Å². The third-order valence-electron chi connectivity index (χ3n) is 5.81. The van der Waals surface area contributed by atoms with E-state index in [1.165, 1.54) is 25.0 Å². The topological polar surface area (TPSA) is 71.8 Å². The summed E-state index contributed by atoms with van der Waals surface area (Å²) in [6, 6.07) is 6.62. The van der Waals surface area contributed by atoms with Gasteiger partial charge in [0, 0.05) is 0 Å². The summed E-state index contributed by atoms with van der Waals surface area (Å²) < 4.78 is 15.1. The number of carbonyl (C=O) groups excluding carboxylic acids is 1. The molecule has 0 radical (unpaired) electrons. The van der Waals surface area contributed by atoms with Crippen LogP contribution in [0.5, 0.6) is 0 Å². The number of nitrogens with one attached hydrogen (secondary N) is 2. The Bertz CT molecular complexity index is 763. The number of nitrogens with zero attached hydrogens (tertiary/aromatic N) is 3. The zero-order chi connectivity index (χ0) is 18.6. The molecule has 6 nitrogen and oxygen atoms in total. The molecule has 2 heterocycles. The Morgan fingerprint density at radius 1 is 1.15 bits per heavy atom. The number of carbonyl (C=O) groups is 1. The van der Waals surface area contributed by atoms with Crippen molar-refractivity contribution in [2.75, 3.05) is 13.1 Å². The monoisotopic (exact) mass is 371 g/mol. The van der Waals surface area contributed by atoms with Gasteiger partial charge in [-0.1, -0.05) is 30.2 Å². The van der Waals surface area contributed by atoms with Gasteiger partial charge in [-0.15, -0.1) is 5.10 Å². The summed E-state index contributed by atoms with van der Waals surface area (Å²) in [4.78, 5) is 12.8. The maximum Gasteiger partial charge on any atom is 0.273 e. The summed E-state index contributed by atoms with van der Waals surface area (Å²) >= 11 is 0. The van der Waals surface area contributed by atoms with Gasteiger partial charge in [-0.2, -0.15) is 0 Å². The Kier molecular flexibility index (Phi) is 5.48. The van der Waals surface area contributed by atoms with Gasteiger partial charge >= 0.3 is 0 Å². The lowest BCUT2D eigenvalue weighted by molar-refractivity contribution is 0.0916. The second-order valence-electron chi connectivity index (χ2n) is 7.61. The molecule has 1 saturated heterocycles. The van der Waals surface area contributed by atoms with Crippen LogP contribution in [-0.4, -0.2) is 34.0 Å². The quantitative estimate of drug-likeness (QED) is 0.848. The highest BCUT2D eigenvalue weighted by Crippen LogP contribution is 2.36. The molecule has 2 fully saturated rings. The first-order chi connectivity index (χ1) is 13.2. The van der Waals surface area contributed by atoms with Gasteiger partial charge in [0.1, 0.15) is 5.82 Å². The number of aromatic nitrogens is 3. The molecule has 1 aliphatic carbocycles. The summed E-state index contributed by atoms with van der Waals surface area (Å²) in [7, 11) is 0. The summed E-state index contributed by atoms with van der Waals surface area (Å²) in [6.07, 6.45) is 8.22. The van der Waals surface area contributed by atoms with Gasteiger partial charge in [0.25, 0.3) is 5.91 Å².